The van der Waals surface area contributed by atoms with Crippen LogP contribution < -0.4 is 5.73 Å². The summed E-state index contributed by atoms with van der Waals surface area (Å²) < 4.78 is 5.51. The molecule has 0 radical (unpaired) electrons. The Labute approximate surface area is 158 Å². The third-order valence-corrected chi connectivity index (χ3v) is 5.60. The van der Waals surface area contributed by atoms with Crippen molar-refractivity contribution >= 4 is 16.7 Å². The quantitative estimate of drug-likeness (QED) is 0.862. The number of benzene rings is 2. The maximum atomic E-state index is 11.4. The molecule has 2 aromatic rings. The van der Waals surface area contributed by atoms with Gasteiger partial charge in [-0.15, -0.1) is 0 Å². The number of fused-ring (bicyclic) bond motifs is 1. The first kappa shape index (κ1) is 17.6. The van der Waals surface area contributed by atoms with Gasteiger partial charge in [0.05, 0.1) is 6.26 Å². The van der Waals surface area contributed by atoms with Gasteiger partial charge in [-0.3, -0.25) is 4.79 Å². The lowest BCUT2D eigenvalue weighted by Gasteiger charge is -2.36. The molecule has 3 N–H and O–H groups in total. The van der Waals surface area contributed by atoms with Gasteiger partial charge in [-0.1, -0.05) is 38.1 Å². The van der Waals surface area contributed by atoms with Crippen molar-refractivity contribution in [2.45, 2.75) is 26.4 Å². The van der Waals surface area contributed by atoms with Gasteiger partial charge < -0.3 is 15.6 Å². The van der Waals surface area contributed by atoms with Crippen LogP contribution in [0.5, 0.6) is 0 Å². The molecule has 0 spiro atoms. The van der Waals surface area contributed by atoms with E-state index in [-0.39, 0.29) is 5.41 Å². The molecular formula is C23H23NO3. The minimum Gasteiger partial charge on any atom is -0.497 e. The molecule has 1 unspecified atom stereocenters. The fourth-order valence-electron chi connectivity index (χ4n) is 3.88. The zero-order chi connectivity index (χ0) is 19.2. The van der Waals surface area contributed by atoms with E-state index in [0.29, 0.717) is 12.2 Å². The highest BCUT2D eigenvalue weighted by Gasteiger charge is 2.33. The van der Waals surface area contributed by atoms with Crippen LogP contribution in [0.1, 0.15) is 42.3 Å². The van der Waals surface area contributed by atoms with Crippen molar-refractivity contribution in [3.8, 4) is 0 Å². The predicted octanol–water partition coefficient (Wildman–Crippen LogP) is 4.17. The van der Waals surface area contributed by atoms with Crippen molar-refractivity contribution in [3.63, 3.8) is 0 Å². The Kier molecular flexibility index (Phi) is 4.16. The van der Waals surface area contributed by atoms with Crippen molar-refractivity contribution in [3.05, 3.63) is 82.7 Å². The Morgan fingerprint density at radius 3 is 2.70 bits per heavy atom. The van der Waals surface area contributed by atoms with E-state index in [0.717, 1.165) is 33.9 Å². The topological polar surface area (TPSA) is 72.5 Å². The maximum Gasteiger partial charge on any atom is 0.248 e. The van der Waals surface area contributed by atoms with Gasteiger partial charge in [0.15, 0.2) is 0 Å². The minimum atomic E-state index is -0.714. The molecule has 1 amide bonds. The average Bonchev–Trinajstić information content (AvgIpc) is 2.67. The number of allylic oxidation sites excluding steroid dienone is 2. The number of rotatable bonds is 3. The molecule has 0 aromatic heterocycles. The Hall–Kier alpha value is -2.85. The molecule has 0 bridgehead atoms. The number of primary amides is 1. The molecule has 1 aliphatic carbocycles. The van der Waals surface area contributed by atoms with E-state index in [1.165, 1.54) is 5.57 Å². The number of carbonyl (C=O) groups excluding carboxylic acids is 1. The van der Waals surface area contributed by atoms with E-state index in [9.17, 15) is 9.90 Å². The van der Waals surface area contributed by atoms with E-state index in [4.69, 9.17) is 10.5 Å². The number of aliphatic hydroxyl groups is 1. The molecule has 4 rings (SSSR count). The zero-order valence-electron chi connectivity index (χ0n) is 15.5. The molecule has 0 saturated carbocycles. The molecule has 27 heavy (non-hydrogen) atoms. The highest BCUT2D eigenvalue weighted by molar-refractivity contribution is 5.97. The first-order valence-corrected chi connectivity index (χ1v) is 9.10. The monoisotopic (exact) mass is 361 g/mol. The van der Waals surface area contributed by atoms with Crippen LogP contribution in [0.4, 0.5) is 0 Å². The lowest BCUT2D eigenvalue weighted by molar-refractivity contribution is 0.100. The Morgan fingerprint density at radius 2 is 1.93 bits per heavy atom. The standard InChI is InChI=1S/C23H23NO3/c1-23(2)9-7-19(18-8-10-27-13-20(18)23)21(25)16-5-3-15-12-17(22(24)26)6-4-14(15)11-16/h3-8,10-12,21,25H,9,13H2,1-2H3,(H2,24,26). The SMILES string of the molecule is CC1(C)CC=C(C(O)c2ccc3cc(C(N)=O)ccc3c2)C2=C1COC=C2. The maximum absolute atomic E-state index is 11.4. The lowest BCUT2D eigenvalue weighted by Crippen LogP contribution is -2.26. The van der Waals surface area contributed by atoms with Crippen molar-refractivity contribution in [2.75, 3.05) is 6.61 Å². The molecule has 4 nitrogen and oxygen atoms in total. The van der Waals surface area contributed by atoms with Gasteiger partial charge in [-0.25, -0.2) is 0 Å². The van der Waals surface area contributed by atoms with Gasteiger partial charge in [0.1, 0.15) is 12.7 Å². The first-order chi connectivity index (χ1) is 12.9. The lowest BCUT2D eigenvalue weighted by atomic mass is 9.71. The van der Waals surface area contributed by atoms with E-state index >= 15 is 0 Å². The molecule has 1 heterocycles. The zero-order valence-corrected chi connectivity index (χ0v) is 15.5. The third-order valence-electron chi connectivity index (χ3n) is 5.60. The smallest absolute Gasteiger partial charge is 0.248 e. The fourth-order valence-corrected chi connectivity index (χ4v) is 3.88. The van der Waals surface area contributed by atoms with Gasteiger partial charge in [0.25, 0.3) is 0 Å². The van der Waals surface area contributed by atoms with Crippen LogP contribution in [0, 0.1) is 5.41 Å². The van der Waals surface area contributed by atoms with Gasteiger partial charge in [0.2, 0.25) is 5.91 Å². The number of ether oxygens (including phenoxy) is 1. The fraction of sp³-hybridized carbons (Fsp3) is 0.261. The molecule has 138 valence electrons. The van der Waals surface area contributed by atoms with Crippen LogP contribution in [0.3, 0.4) is 0 Å². The van der Waals surface area contributed by atoms with Crippen LogP contribution in [-0.4, -0.2) is 17.6 Å². The predicted molar refractivity (Wildman–Crippen MR) is 106 cm³/mol. The summed E-state index contributed by atoms with van der Waals surface area (Å²) in [4.78, 5) is 11.4. The average molecular weight is 361 g/mol. The van der Waals surface area contributed by atoms with Crippen LogP contribution in [0.15, 0.2) is 71.5 Å². The number of hydrogen-bond donors (Lipinski definition) is 2. The second-order valence-electron chi connectivity index (χ2n) is 7.84. The van der Waals surface area contributed by atoms with Crippen LogP contribution >= 0.6 is 0 Å². The number of nitrogens with two attached hydrogens (primary N) is 1. The second kappa shape index (κ2) is 6.39. The molecule has 1 atom stereocenters. The molecule has 2 aromatic carbocycles. The minimum absolute atomic E-state index is 0.0257. The summed E-state index contributed by atoms with van der Waals surface area (Å²) in [7, 11) is 0. The number of hydrogen-bond acceptors (Lipinski definition) is 3. The van der Waals surface area contributed by atoms with Gasteiger partial charge >= 0.3 is 0 Å². The van der Waals surface area contributed by atoms with Crippen molar-refractivity contribution in [2.24, 2.45) is 11.1 Å². The van der Waals surface area contributed by atoms with Crippen LogP contribution in [-0.2, 0) is 4.74 Å². The molecule has 4 heteroatoms. The van der Waals surface area contributed by atoms with E-state index < -0.39 is 12.0 Å². The molecular weight excluding hydrogens is 338 g/mol. The summed E-state index contributed by atoms with van der Waals surface area (Å²) in [5, 5.41) is 13.0. The van der Waals surface area contributed by atoms with Gasteiger partial charge in [0, 0.05) is 5.56 Å². The van der Waals surface area contributed by atoms with Crippen LogP contribution in [0.2, 0.25) is 0 Å². The third kappa shape index (κ3) is 3.06. The van der Waals surface area contributed by atoms with Gasteiger partial charge in [-0.05, 0) is 69.2 Å². The normalized spacial score (nSPS) is 19.3. The number of aliphatic hydroxyl groups excluding tert-OH is 1. The van der Waals surface area contributed by atoms with E-state index in [2.05, 4.69) is 19.9 Å². The van der Waals surface area contributed by atoms with Crippen molar-refractivity contribution in [1.82, 2.24) is 0 Å². The molecule has 0 saturated heterocycles. The molecule has 0 fully saturated rings. The summed E-state index contributed by atoms with van der Waals surface area (Å²) in [6.45, 7) is 4.98. The Bertz CT molecular complexity index is 1030. The summed E-state index contributed by atoms with van der Waals surface area (Å²) in [6, 6.07) is 11.1. The largest absolute Gasteiger partial charge is 0.497 e. The Morgan fingerprint density at radius 1 is 1.19 bits per heavy atom. The summed E-state index contributed by atoms with van der Waals surface area (Å²) >= 11 is 0. The first-order valence-electron chi connectivity index (χ1n) is 9.10. The van der Waals surface area contributed by atoms with Crippen molar-refractivity contribution < 1.29 is 14.6 Å². The van der Waals surface area contributed by atoms with E-state index in [1.54, 1.807) is 18.4 Å². The molecule has 1 aliphatic heterocycles. The van der Waals surface area contributed by atoms with Gasteiger partial charge in [-0.2, -0.15) is 0 Å². The second-order valence-corrected chi connectivity index (χ2v) is 7.84. The van der Waals surface area contributed by atoms with Crippen molar-refractivity contribution in [1.29, 1.82) is 0 Å². The summed E-state index contributed by atoms with van der Waals surface area (Å²) in [5.74, 6) is -0.443. The highest BCUT2D eigenvalue weighted by Crippen LogP contribution is 2.45. The number of carbonyl (C=O) groups is 1. The summed E-state index contributed by atoms with van der Waals surface area (Å²) in [5.41, 5.74) is 9.93. The Balaban J connectivity index is 1.72. The molecule has 2 aliphatic rings. The summed E-state index contributed by atoms with van der Waals surface area (Å²) in [6.07, 6.45) is 5.94. The van der Waals surface area contributed by atoms with E-state index in [1.807, 2.05) is 30.3 Å². The van der Waals surface area contributed by atoms with Crippen LogP contribution in [0.25, 0.3) is 10.8 Å². The highest BCUT2D eigenvalue weighted by atomic mass is 16.5. The number of amides is 1.